The summed E-state index contributed by atoms with van der Waals surface area (Å²) in [6.45, 7) is 0. The van der Waals surface area contributed by atoms with Crippen molar-refractivity contribution in [3.8, 4) is 89.9 Å². The van der Waals surface area contributed by atoms with E-state index in [4.69, 9.17) is 14.7 Å². The number of hydrogen-bond donors (Lipinski definition) is 0. The van der Waals surface area contributed by atoms with Gasteiger partial charge in [0.25, 0.3) is 0 Å². The Balaban J connectivity index is 1.10. The highest BCUT2D eigenvalue weighted by molar-refractivity contribution is 6.04. The van der Waals surface area contributed by atoms with Crippen molar-refractivity contribution in [2.24, 2.45) is 0 Å². The number of rotatable bonds is 6. The Labute approximate surface area is 331 Å². The zero-order valence-electron chi connectivity index (χ0n) is 30.9. The van der Waals surface area contributed by atoms with Crippen LogP contribution in [-0.4, -0.2) is 9.97 Å². The lowest BCUT2D eigenvalue weighted by Gasteiger charge is -2.22. The average Bonchev–Trinajstić information content (AvgIpc) is 3.29. The largest absolute Gasteiger partial charge is 0.456 e. The molecule has 0 bridgehead atoms. The van der Waals surface area contributed by atoms with E-state index in [1.165, 1.54) is 32.8 Å². The van der Waals surface area contributed by atoms with Crippen LogP contribution in [0, 0.1) is 0 Å². The third-order valence-electron chi connectivity index (χ3n) is 11.0. The number of ether oxygens (including phenoxy) is 1. The first-order valence-corrected chi connectivity index (χ1v) is 19.3. The van der Waals surface area contributed by atoms with Crippen molar-refractivity contribution < 1.29 is 4.74 Å². The van der Waals surface area contributed by atoms with Gasteiger partial charge >= 0.3 is 0 Å². The maximum Gasteiger partial charge on any atom is 0.160 e. The van der Waals surface area contributed by atoms with Gasteiger partial charge in [-0.3, -0.25) is 0 Å². The molecule has 57 heavy (non-hydrogen) atoms. The van der Waals surface area contributed by atoms with Gasteiger partial charge in [0.1, 0.15) is 11.5 Å². The van der Waals surface area contributed by atoms with Crippen LogP contribution in [0.3, 0.4) is 0 Å². The van der Waals surface area contributed by atoms with E-state index in [0.29, 0.717) is 5.82 Å². The molecule has 0 saturated carbocycles. The van der Waals surface area contributed by atoms with Crippen LogP contribution < -0.4 is 4.74 Å². The standard InChI is InChI=1S/C54H34N2O/c1-3-11-35(12-4-1)37-21-24-38(25-22-37)49-34-50(56-54(55-49)40-14-5-2-6-15-40)46-31-44(42-26-23-36-13-7-8-16-41(36)29-42)30-45(32-46)43-27-28-51-48(33-43)47-19-9-17-39-18-10-20-52(57-51)53(39)47/h1-34H. The van der Waals surface area contributed by atoms with E-state index in [2.05, 4.69) is 182 Å². The maximum absolute atomic E-state index is 6.49. The molecule has 1 aliphatic rings. The van der Waals surface area contributed by atoms with Crippen LogP contribution in [0.2, 0.25) is 0 Å². The highest BCUT2D eigenvalue weighted by Gasteiger charge is 2.21. The molecule has 0 N–H and O–H groups in total. The molecular weight excluding hydrogens is 693 g/mol. The molecular formula is C54H34N2O. The Morgan fingerprint density at radius 3 is 1.61 bits per heavy atom. The minimum atomic E-state index is 0.686. The van der Waals surface area contributed by atoms with Crippen molar-refractivity contribution in [1.82, 2.24) is 9.97 Å². The molecule has 0 unspecified atom stereocenters. The summed E-state index contributed by atoms with van der Waals surface area (Å²) in [4.78, 5) is 10.4. The molecule has 0 aliphatic carbocycles. The van der Waals surface area contributed by atoms with Gasteiger partial charge < -0.3 is 4.74 Å². The number of hydrogen-bond acceptors (Lipinski definition) is 3. The normalized spacial score (nSPS) is 11.6. The van der Waals surface area contributed by atoms with Gasteiger partial charge in [0.2, 0.25) is 0 Å². The van der Waals surface area contributed by atoms with Crippen LogP contribution in [0.5, 0.6) is 11.5 Å². The van der Waals surface area contributed by atoms with Crippen molar-refractivity contribution in [3.05, 3.63) is 206 Å². The molecule has 1 aliphatic heterocycles. The van der Waals surface area contributed by atoms with Gasteiger partial charge in [-0.05, 0) is 104 Å². The first kappa shape index (κ1) is 32.8. The molecule has 266 valence electrons. The first-order valence-electron chi connectivity index (χ1n) is 19.3. The van der Waals surface area contributed by atoms with E-state index in [1.807, 2.05) is 24.3 Å². The number of nitrogens with zero attached hydrogens (tertiary/aromatic N) is 2. The van der Waals surface area contributed by atoms with E-state index < -0.39 is 0 Å². The molecule has 3 heteroatoms. The van der Waals surface area contributed by atoms with Gasteiger partial charge in [-0.15, -0.1) is 0 Å². The van der Waals surface area contributed by atoms with E-state index in [9.17, 15) is 0 Å². The molecule has 11 rings (SSSR count). The van der Waals surface area contributed by atoms with E-state index in [1.54, 1.807) is 0 Å². The second kappa shape index (κ2) is 13.6. The predicted octanol–water partition coefficient (Wildman–Crippen LogP) is 14.6. The molecule has 0 radical (unpaired) electrons. The van der Waals surface area contributed by atoms with Gasteiger partial charge in [0, 0.05) is 27.6 Å². The second-order valence-electron chi connectivity index (χ2n) is 14.6. The van der Waals surface area contributed by atoms with Gasteiger partial charge in [0.05, 0.1) is 11.4 Å². The van der Waals surface area contributed by atoms with Crippen LogP contribution in [-0.2, 0) is 0 Å². The minimum Gasteiger partial charge on any atom is -0.456 e. The fourth-order valence-corrected chi connectivity index (χ4v) is 8.14. The molecule has 0 spiro atoms. The van der Waals surface area contributed by atoms with Gasteiger partial charge in [-0.2, -0.15) is 0 Å². The fourth-order valence-electron chi connectivity index (χ4n) is 8.14. The van der Waals surface area contributed by atoms with Crippen LogP contribution in [0.25, 0.3) is 100.0 Å². The first-order chi connectivity index (χ1) is 28.2. The Morgan fingerprint density at radius 1 is 0.281 bits per heavy atom. The molecule has 10 aromatic rings. The molecule has 0 amide bonds. The summed E-state index contributed by atoms with van der Waals surface area (Å²) in [7, 11) is 0. The minimum absolute atomic E-state index is 0.686. The third kappa shape index (κ3) is 6.03. The molecule has 3 nitrogen and oxygen atoms in total. The second-order valence-corrected chi connectivity index (χ2v) is 14.6. The van der Waals surface area contributed by atoms with Gasteiger partial charge in [0.15, 0.2) is 5.82 Å². The zero-order chi connectivity index (χ0) is 37.7. The Kier molecular flexibility index (Phi) is 7.82. The van der Waals surface area contributed by atoms with Crippen molar-refractivity contribution in [3.63, 3.8) is 0 Å². The van der Waals surface area contributed by atoms with Gasteiger partial charge in [-0.1, -0.05) is 158 Å². The average molecular weight is 727 g/mol. The van der Waals surface area contributed by atoms with Crippen LogP contribution in [0.15, 0.2) is 206 Å². The molecule has 9 aromatic carbocycles. The Morgan fingerprint density at radius 2 is 0.842 bits per heavy atom. The fraction of sp³-hybridized carbons (Fsp3) is 0. The lowest BCUT2D eigenvalue weighted by atomic mass is 9.90. The van der Waals surface area contributed by atoms with E-state index in [0.717, 1.165) is 72.8 Å². The zero-order valence-corrected chi connectivity index (χ0v) is 30.9. The third-order valence-corrected chi connectivity index (χ3v) is 11.0. The molecule has 0 saturated heterocycles. The highest BCUT2D eigenvalue weighted by atomic mass is 16.5. The van der Waals surface area contributed by atoms with E-state index in [-0.39, 0.29) is 0 Å². The van der Waals surface area contributed by atoms with Crippen molar-refractivity contribution >= 4 is 21.5 Å². The smallest absolute Gasteiger partial charge is 0.160 e. The topological polar surface area (TPSA) is 35.0 Å². The molecule has 1 aromatic heterocycles. The number of benzene rings is 9. The van der Waals surface area contributed by atoms with Gasteiger partial charge in [-0.25, -0.2) is 9.97 Å². The lowest BCUT2D eigenvalue weighted by Crippen LogP contribution is -1.98. The summed E-state index contributed by atoms with van der Waals surface area (Å²) in [5.41, 5.74) is 13.8. The summed E-state index contributed by atoms with van der Waals surface area (Å²) in [5.74, 6) is 2.44. The monoisotopic (exact) mass is 726 g/mol. The van der Waals surface area contributed by atoms with E-state index >= 15 is 0 Å². The number of fused-ring (bicyclic) bond motifs is 3. The molecule has 0 fully saturated rings. The lowest BCUT2D eigenvalue weighted by molar-refractivity contribution is 0.487. The summed E-state index contributed by atoms with van der Waals surface area (Å²) >= 11 is 0. The van der Waals surface area contributed by atoms with Crippen LogP contribution in [0.4, 0.5) is 0 Å². The van der Waals surface area contributed by atoms with Crippen LogP contribution in [0.1, 0.15) is 0 Å². The molecule has 2 heterocycles. The quantitative estimate of drug-likeness (QED) is 0.171. The Hall–Kier alpha value is -7.62. The number of aromatic nitrogens is 2. The Bertz CT molecular complexity index is 3130. The predicted molar refractivity (Wildman–Crippen MR) is 235 cm³/mol. The summed E-state index contributed by atoms with van der Waals surface area (Å²) in [6.07, 6.45) is 0. The SMILES string of the molecule is c1ccc(-c2ccc(-c3cc(-c4cc(-c5ccc6c(c5)-c5cccc7cccc(c57)O6)cc(-c5ccc6ccccc6c5)c4)nc(-c4ccccc4)n3)cc2)cc1. The van der Waals surface area contributed by atoms with Crippen molar-refractivity contribution in [1.29, 1.82) is 0 Å². The summed E-state index contributed by atoms with van der Waals surface area (Å²) < 4.78 is 6.49. The maximum atomic E-state index is 6.49. The summed E-state index contributed by atoms with van der Waals surface area (Å²) in [5, 5.41) is 4.74. The highest BCUT2D eigenvalue weighted by Crippen LogP contribution is 2.48. The van der Waals surface area contributed by atoms with Crippen molar-refractivity contribution in [2.75, 3.05) is 0 Å². The van der Waals surface area contributed by atoms with Crippen LogP contribution >= 0.6 is 0 Å². The summed E-state index contributed by atoms with van der Waals surface area (Å²) in [6, 6.07) is 72.9. The van der Waals surface area contributed by atoms with Crippen molar-refractivity contribution in [2.45, 2.75) is 0 Å². The molecule has 0 atom stereocenters.